The minimum Gasteiger partial charge on any atom is -0.486 e. The highest BCUT2D eigenvalue weighted by atomic mass is 19.1. The Morgan fingerprint density at radius 2 is 2.00 bits per heavy atom. The van der Waals surface area contributed by atoms with Crippen LogP contribution in [0.2, 0.25) is 0 Å². The van der Waals surface area contributed by atoms with Crippen molar-refractivity contribution in [1.82, 2.24) is 5.32 Å². The van der Waals surface area contributed by atoms with Crippen LogP contribution in [0.25, 0.3) is 0 Å². The molecule has 0 amide bonds. The Morgan fingerprint density at radius 1 is 1.35 bits per heavy atom. The first-order valence-electron chi connectivity index (χ1n) is 5.67. The normalized spacial score (nSPS) is 11.3. The highest BCUT2D eigenvalue weighted by molar-refractivity contribution is 5.24. The predicted molar refractivity (Wildman–Crippen MR) is 68.8 cm³/mol. The van der Waals surface area contributed by atoms with E-state index >= 15 is 0 Å². The second-order valence-corrected chi connectivity index (χ2v) is 5.07. The second kappa shape index (κ2) is 5.82. The van der Waals surface area contributed by atoms with E-state index in [-0.39, 0.29) is 17.1 Å². The molecule has 0 aliphatic carbocycles. The van der Waals surface area contributed by atoms with Gasteiger partial charge in [0.25, 0.3) is 0 Å². The number of hydrogen-bond acceptors (Lipinski definition) is 2. The molecule has 0 unspecified atom stereocenters. The van der Waals surface area contributed by atoms with Gasteiger partial charge in [-0.25, -0.2) is 4.39 Å². The molecule has 0 aromatic heterocycles. The van der Waals surface area contributed by atoms with Crippen molar-refractivity contribution in [2.24, 2.45) is 0 Å². The summed E-state index contributed by atoms with van der Waals surface area (Å²) in [7, 11) is 0. The molecular formula is C14H20FNO. The van der Waals surface area contributed by atoms with E-state index in [9.17, 15) is 4.39 Å². The number of hydrogen-bond donors (Lipinski definition) is 1. The fourth-order valence-corrected chi connectivity index (χ4v) is 1.18. The average molecular weight is 237 g/mol. The maximum absolute atomic E-state index is 13.2. The Balaban J connectivity index is 2.36. The Labute approximate surface area is 102 Å². The van der Waals surface area contributed by atoms with Crippen LogP contribution in [0.3, 0.4) is 0 Å². The molecule has 2 nitrogen and oxygen atoms in total. The Hall–Kier alpha value is -1.35. The molecule has 1 N–H and O–H groups in total. The van der Waals surface area contributed by atoms with Crippen LogP contribution in [0.5, 0.6) is 5.75 Å². The zero-order valence-electron chi connectivity index (χ0n) is 10.7. The number of ether oxygens (including phenoxy) is 1. The second-order valence-electron chi connectivity index (χ2n) is 5.07. The zero-order chi connectivity index (χ0) is 12.9. The van der Waals surface area contributed by atoms with E-state index in [0.29, 0.717) is 13.2 Å². The maximum Gasteiger partial charge on any atom is 0.165 e. The molecule has 0 saturated heterocycles. The summed E-state index contributed by atoms with van der Waals surface area (Å²) in [6.45, 7) is 11.1. The molecular weight excluding hydrogens is 217 g/mol. The van der Waals surface area contributed by atoms with E-state index in [2.05, 4.69) is 32.7 Å². The van der Waals surface area contributed by atoms with E-state index in [1.165, 1.54) is 6.07 Å². The van der Waals surface area contributed by atoms with Gasteiger partial charge >= 0.3 is 0 Å². The largest absolute Gasteiger partial charge is 0.486 e. The quantitative estimate of drug-likeness (QED) is 0.794. The smallest absolute Gasteiger partial charge is 0.165 e. The van der Waals surface area contributed by atoms with Crippen LogP contribution < -0.4 is 10.1 Å². The minimum atomic E-state index is -0.343. The third-order valence-electron chi connectivity index (χ3n) is 2.14. The van der Waals surface area contributed by atoms with Crippen LogP contribution in [0.15, 0.2) is 36.4 Å². The van der Waals surface area contributed by atoms with Crippen molar-refractivity contribution >= 4 is 0 Å². The number of benzene rings is 1. The number of para-hydroxylation sites is 1. The molecule has 0 heterocycles. The summed E-state index contributed by atoms with van der Waals surface area (Å²) in [4.78, 5) is 0. The fourth-order valence-electron chi connectivity index (χ4n) is 1.18. The van der Waals surface area contributed by atoms with Gasteiger partial charge in [0.15, 0.2) is 11.6 Å². The lowest BCUT2D eigenvalue weighted by atomic mass is 10.1. The van der Waals surface area contributed by atoms with Crippen LogP contribution in [-0.2, 0) is 0 Å². The first-order chi connectivity index (χ1) is 7.88. The summed E-state index contributed by atoms with van der Waals surface area (Å²) >= 11 is 0. The van der Waals surface area contributed by atoms with Crippen LogP contribution in [0.1, 0.15) is 20.8 Å². The van der Waals surface area contributed by atoms with Crippen molar-refractivity contribution in [3.63, 3.8) is 0 Å². The van der Waals surface area contributed by atoms with Gasteiger partial charge in [-0.3, -0.25) is 0 Å². The highest BCUT2D eigenvalue weighted by Gasteiger charge is 2.09. The van der Waals surface area contributed by atoms with Gasteiger partial charge in [0.05, 0.1) is 0 Å². The topological polar surface area (TPSA) is 21.3 Å². The summed E-state index contributed by atoms with van der Waals surface area (Å²) in [5.41, 5.74) is 0.934. The lowest BCUT2D eigenvalue weighted by molar-refractivity contribution is 0.324. The van der Waals surface area contributed by atoms with Crippen LogP contribution >= 0.6 is 0 Å². The Kier molecular flexibility index (Phi) is 4.70. The number of nitrogens with one attached hydrogen (secondary N) is 1. The number of rotatable bonds is 5. The number of halogens is 1. The molecule has 0 bridgehead atoms. The molecule has 0 radical (unpaired) electrons. The Morgan fingerprint density at radius 3 is 2.59 bits per heavy atom. The molecule has 0 saturated carbocycles. The molecule has 1 rings (SSSR count). The van der Waals surface area contributed by atoms with Crippen molar-refractivity contribution in [3.8, 4) is 5.75 Å². The first-order valence-corrected chi connectivity index (χ1v) is 5.67. The molecule has 0 aliphatic heterocycles. The standard InChI is InChI=1S/C14H20FNO/c1-11(9-16-14(2,3)4)10-17-13-8-6-5-7-12(13)15/h5-8,16H,1,9-10H2,2-4H3. The maximum atomic E-state index is 13.2. The van der Waals surface area contributed by atoms with Gasteiger partial charge in [0.1, 0.15) is 6.61 Å². The van der Waals surface area contributed by atoms with E-state index < -0.39 is 0 Å². The summed E-state index contributed by atoms with van der Waals surface area (Å²) in [6, 6.07) is 6.37. The van der Waals surface area contributed by atoms with Gasteiger partial charge in [0, 0.05) is 12.1 Å². The molecule has 0 spiro atoms. The first kappa shape index (κ1) is 13.7. The highest BCUT2D eigenvalue weighted by Crippen LogP contribution is 2.15. The van der Waals surface area contributed by atoms with Crippen molar-refractivity contribution in [3.05, 3.63) is 42.2 Å². The molecule has 0 atom stereocenters. The van der Waals surface area contributed by atoms with Gasteiger partial charge in [-0.15, -0.1) is 0 Å². The van der Waals surface area contributed by atoms with E-state index in [1.807, 2.05) is 0 Å². The molecule has 0 fully saturated rings. The summed E-state index contributed by atoms with van der Waals surface area (Å²) in [5.74, 6) is -0.0755. The zero-order valence-corrected chi connectivity index (χ0v) is 10.7. The van der Waals surface area contributed by atoms with Crippen molar-refractivity contribution in [1.29, 1.82) is 0 Å². The van der Waals surface area contributed by atoms with Gasteiger partial charge in [-0.1, -0.05) is 18.7 Å². The fraction of sp³-hybridized carbons (Fsp3) is 0.429. The lowest BCUT2D eigenvalue weighted by Crippen LogP contribution is -2.37. The average Bonchev–Trinajstić information content (AvgIpc) is 2.24. The molecule has 1 aromatic rings. The molecule has 17 heavy (non-hydrogen) atoms. The monoisotopic (exact) mass is 237 g/mol. The molecule has 3 heteroatoms. The third-order valence-corrected chi connectivity index (χ3v) is 2.14. The van der Waals surface area contributed by atoms with Crippen molar-refractivity contribution in [2.75, 3.05) is 13.2 Å². The van der Waals surface area contributed by atoms with Gasteiger partial charge in [0.2, 0.25) is 0 Å². The van der Waals surface area contributed by atoms with E-state index in [1.54, 1.807) is 18.2 Å². The SMILES string of the molecule is C=C(CNC(C)(C)C)COc1ccccc1F. The van der Waals surface area contributed by atoms with Gasteiger partial charge < -0.3 is 10.1 Å². The predicted octanol–water partition coefficient (Wildman–Crippen LogP) is 3.15. The Bertz CT molecular complexity index is 382. The summed E-state index contributed by atoms with van der Waals surface area (Å²) in [5, 5.41) is 3.30. The lowest BCUT2D eigenvalue weighted by Gasteiger charge is -2.21. The van der Waals surface area contributed by atoms with Crippen LogP contribution in [0, 0.1) is 5.82 Å². The van der Waals surface area contributed by atoms with Crippen molar-refractivity contribution in [2.45, 2.75) is 26.3 Å². The van der Waals surface area contributed by atoms with Gasteiger partial charge in [-0.05, 0) is 38.5 Å². The van der Waals surface area contributed by atoms with Crippen LogP contribution in [-0.4, -0.2) is 18.7 Å². The summed E-state index contributed by atoms with van der Waals surface area (Å²) in [6.07, 6.45) is 0. The van der Waals surface area contributed by atoms with Gasteiger partial charge in [-0.2, -0.15) is 0 Å². The third kappa shape index (κ3) is 5.50. The molecule has 94 valence electrons. The van der Waals surface area contributed by atoms with Crippen LogP contribution in [0.4, 0.5) is 4.39 Å². The summed E-state index contributed by atoms with van der Waals surface area (Å²) < 4.78 is 18.6. The van der Waals surface area contributed by atoms with E-state index in [4.69, 9.17) is 4.74 Å². The molecule has 0 aliphatic rings. The minimum absolute atomic E-state index is 0.0426. The molecule has 1 aromatic carbocycles. The van der Waals surface area contributed by atoms with Crippen molar-refractivity contribution < 1.29 is 9.13 Å². The van der Waals surface area contributed by atoms with E-state index in [0.717, 1.165) is 5.57 Å².